The van der Waals surface area contributed by atoms with Crippen LogP contribution in [0.2, 0.25) is 0 Å². The Labute approximate surface area is 85.5 Å². The first-order valence-electron chi connectivity index (χ1n) is 5.03. The number of hydrogen-bond donors (Lipinski definition) is 1. The van der Waals surface area contributed by atoms with Gasteiger partial charge in [0.25, 0.3) is 0 Å². The Morgan fingerprint density at radius 1 is 1.21 bits per heavy atom. The minimum absolute atomic E-state index is 0.421. The summed E-state index contributed by atoms with van der Waals surface area (Å²) < 4.78 is 5.30. The summed E-state index contributed by atoms with van der Waals surface area (Å²) in [5.74, 6) is 1.31. The summed E-state index contributed by atoms with van der Waals surface area (Å²) in [5, 5.41) is 9.87. The fourth-order valence-corrected chi connectivity index (χ4v) is 1.83. The molecule has 78 valence electrons. The van der Waals surface area contributed by atoms with Crippen LogP contribution in [0.1, 0.15) is 30.5 Å². The first-order chi connectivity index (χ1) is 6.65. The summed E-state index contributed by atoms with van der Waals surface area (Å²) in [6, 6.07) is 1.90. The molecule has 0 saturated heterocycles. The molecule has 0 aliphatic heterocycles. The molecule has 0 unspecified atom stereocenters. The van der Waals surface area contributed by atoms with Gasteiger partial charge in [0, 0.05) is 11.1 Å². The number of aryl methyl sites for hydroxylation is 1. The van der Waals surface area contributed by atoms with E-state index in [1.807, 2.05) is 19.9 Å². The average molecular weight is 194 g/mol. The molecule has 0 aromatic heterocycles. The molecule has 0 aliphatic carbocycles. The lowest BCUT2D eigenvalue weighted by Gasteiger charge is -2.15. The Kier molecular flexibility index (Phi) is 3.39. The standard InChI is InChI=1S/C12H18O2/c1-5-9-10(6-2)12(13)8(3)7-11(9)14-4/h7,13H,5-6H2,1-4H3. The molecule has 0 bridgehead atoms. The molecule has 14 heavy (non-hydrogen) atoms. The van der Waals surface area contributed by atoms with Crippen LogP contribution in [0.5, 0.6) is 11.5 Å². The third-order valence-electron chi connectivity index (χ3n) is 2.60. The van der Waals surface area contributed by atoms with Gasteiger partial charge in [-0.05, 0) is 31.4 Å². The van der Waals surface area contributed by atoms with Gasteiger partial charge in [-0.15, -0.1) is 0 Å². The maximum Gasteiger partial charge on any atom is 0.122 e. The Morgan fingerprint density at radius 2 is 1.79 bits per heavy atom. The van der Waals surface area contributed by atoms with Crippen molar-refractivity contribution in [3.8, 4) is 11.5 Å². The summed E-state index contributed by atoms with van der Waals surface area (Å²) in [4.78, 5) is 0. The maximum atomic E-state index is 9.87. The highest BCUT2D eigenvalue weighted by Gasteiger charge is 2.13. The molecular weight excluding hydrogens is 176 g/mol. The zero-order valence-electron chi connectivity index (χ0n) is 9.35. The highest BCUT2D eigenvalue weighted by molar-refractivity contribution is 5.52. The van der Waals surface area contributed by atoms with E-state index in [1.54, 1.807) is 7.11 Å². The normalized spacial score (nSPS) is 10.3. The van der Waals surface area contributed by atoms with Crippen molar-refractivity contribution >= 4 is 0 Å². The van der Waals surface area contributed by atoms with Gasteiger partial charge in [-0.2, -0.15) is 0 Å². The number of aromatic hydroxyl groups is 1. The van der Waals surface area contributed by atoms with E-state index >= 15 is 0 Å². The van der Waals surface area contributed by atoms with Gasteiger partial charge in [0.15, 0.2) is 0 Å². The monoisotopic (exact) mass is 194 g/mol. The van der Waals surface area contributed by atoms with Crippen molar-refractivity contribution in [3.63, 3.8) is 0 Å². The number of ether oxygens (including phenoxy) is 1. The molecule has 0 fully saturated rings. The van der Waals surface area contributed by atoms with Gasteiger partial charge >= 0.3 is 0 Å². The highest BCUT2D eigenvalue weighted by Crippen LogP contribution is 2.33. The van der Waals surface area contributed by atoms with Crippen LogP contribution in [0.15, 0.2) is 6.07 Å². The number of benzene rings is 1. The van der Waals surface area contributed by atoms with E-state index in [0.29, 0.717) is 5.75 Å². The Balaban J connectivity index is 3.42. The topological polar surface area (TPSA) is 29.5 Å². The van der Waals surface area contributed by atoms with E-state index < -0.39 is 0 Å². The smallest absolute Gasteiger partial charge is 0.122 e. The number of rotatable bonds is 3. The molecule has 2 heteroatoms. The van der Waals surface area contributed by atoms with E-state index in [9.17, 15) is 5.11 Å². The van der Waals surface area contributed by atoms with Crippen LogP contribution < -0.4 is 4.74 Å². The molecule has 0 atom stereocenters. The summed E-state index contributed by atoms with van der Waals surface area (Å²) in [6.45, 7) is 6.02. The zero-order valence-corrected chi connectivity index (χ0v) is 9.35. The molecule has 1 N–H and O–H groups in total. The van der Waals surface area contributed by atoms with Crippen LogP contribution in [0.25, 0.3) is 0 Å². The van der Waals surface area contributed by atoms with Gasteiger partial charge in [-0.25, -0.2) is 0 Å². The van der Waals surface area contributed by atoms with E-state index in [-0.39, 0.29) is 0 Å². The van der Waals surface area contributed by atoms with Crippen molar-refractivity contribution < 1.29 is 9.84 Å². The minimum atomic E-state index is 0.421. The molecule has 0 radical (unpaired) electrons. The fraction of sp³-hybridized carbons (Fsp3) is 0.500. The maximum absolute atomic E-state index is 9.87. The van der Waals surface area contributed by atoms with Gasteiger partial charge in [-0.3, -0.25) is 0 Å². The third kappa shape index (κ3) is 1.69. The van der Waals surface area contributed by atoms with Gasteiger partial charge in [-0.1, -0.05) is 13.8 Å². The van der Waals surface area contributed by atoms with Crippen LogP contribution in [0, 0.1) is 6.92 Å². The summed E-state index contributed by atoms with van der Waals surface area (Å²) >= 11 is 0. The molecule has 0 aliphatic rings. The zero-order chi connectivity index (χ0) is 10.7. The summed E-state index contributed by atoms with van der Waals surface area (Å²) in [7, 11) is 1.67. The lowest BCUT2D eigenvalue weighted by molar-refractivity contribution is 0.404. The first-order valence-corrected chi connectivity index (χ1v) is 5.03. The largest absolute Gasteiger partial charge is 0.507 e. The fourth-order valence-electron chi connectivity index (χ4n) is 1.83. The molecule has 1 rings (SSSR count). The van der Waals surface area contributed by atoms with Crippen molar-refractivity contribution in [2.45, 2.75) is 33.6 Å². The van der Waals surface area contributed by atoms with Gasteiger partial charge in [0.2, 0.25) is 0 Å². The Morgan fingerprint density at radius 3 is 2.21 bits per heavy atom. The van der Waals surface area contributed by atoms with E-state index in [0.717, 1.165) is 35.3 Å². The molecule has 0 spiro atoms. The van der Waals surface area contributed by atoms with E-state index in [1.165, 1.54) is 0 Å². The molecule has 2 nitrogen and oxygen atoms in total. The van der Waals surface area contributed by atoms with Gasteiger partial charge in [0.05, 0.1) is 7.11 Å². The van der Waals surface area contributed by atoms with Crippen molar-refractivity contribution in [2.75, 3.05) is 7.11 Å². The number of phenolic OH excluding ortho intramolecular Hbond substituents is 1. The van der Waals surface area contributed by atoms with Gasteiger partial charge in [0.1, 0.15) is 11.5 Å². The predicted molar refractivity (Wildman–Crippen MR) is 58.2 cm³/mol. The lowest BCUT2D eigenvalue weighted by Crippen LogP contribution is -1.98. The molecule has 1 aromatic carbocycles. The number of phenols is 1. The van der Waals surface area contributed by atoms with Crippen LogP contribution in [-0.4, -0.2) is 12.2 Å². The molecular formula is C12H18O2. The molecule has 0 heterocycles. The van der Waals surface area contributed by atoms with Crippen molar-refractivity contribution in [1.82, 2.24) is 0 Å². The lowest BCUT2D eigenvalue weighted by atomic mass is 9.98. The summed E-state index contributed by atoms with van der Waals surface area (Å²) in [5.41, 5.74) is 3.03. The van der Waals surface area contributed by atoms with Gasteiger partial charge < -0.3 is 9.84 Å². The molecule has 0 saturated carbocycles. The van der Waals surface area contributed by atoms with E-state index in [4.69, 9.17) is 4.74 Å². The summed E-state index contributed by atoms with van der Waals surface area (Å²) in [6.07, 6.45) is 1.73. The third-order valence-corrected chi connectivity index (χ3v) is 2.60. The second-order valence-electron chi connectivity index (χ2n) is 3.41. The quantitative estimate of drug-likeness (QED) is 0.801. The predicted octanol–water partition coefficient (Wildman–Crippen LogP) is 2.83. The molecule has 1 aromatic rings. The first kappa shape index (κ1) is 10.9. The second-order valence-corrected chi connectivity index (χ2v) is 3.41. The van der Waals surface area contributed by atoms with Crippen molar-refractivity contribution in [3.05, 3.63) is 22.8 Å². The Hall–Kier alpha value is -1.18. The van der Waals surface area contributed by atoms with E-state index in [2.05, 4.69) is 6.92 Å². The Bertz CT molecular complexity index is 330. The number of methoxy groups -OCH3 is 1. The SMILES string of the molecule is CCc1c(OC)cc(C)c(O)c1CC. The van der Waals surface area contributed by atoms with Crippen LogP contribution in [0.3, 0.4) is 0 Å². The second kappa shape index (κ2) is 4.36. The van der Waals surface area contributed by atoms with Crippen molar-refractivity contribution in [2.24, 2.45) is 0 Å². The highest BCUT2D eigenvalue weighted by atomic mass is 16.5. The molecule has 0 amide bonds. The average Bonchev–Trinajstić information content (AvgIpc) is 2.20. The van der Waals surface area contributed by atoms with Crippen LogP contribution in [-0.2, 0) is 12.8 Å². The van der Waals surface area contributed by atoms with Crippen molar-refractivity contribution in [1.29, 1.82) is 0 Å². The minimum Gasteiger partial charge on any atom is -0.507 e. The van der Waals surface area contributed by atoms with Crippen LogP contribution in [0.4, 0.5) is 0 Å². The van der Waals surface area contributed by atoms with Crippen LogP contribution >= 0.6 is 0 Å². The number of hydrogen-bond acceptors (Lipinski definition) is 2.